The molecular weight excluding hydrogens is 387 g/mol. The van der Waals surface area contributed by atoms with Crippen LogP contribution in [0.3, 0.4) is 0 Å². The number of alkyl halides is 5. The summed E-state index contributed by atoms with van der Waals surface area (Å²) in [5.74, 6) is -3.60. The zero-order chi connectivity index (χ0) is 20.5. The predicted octanol–water partition coefficient (Wildman–Crippen LogP) is 3.93. The number of carbonyl (C=O) groups excluding carboxylic acids is 2. The largest absolute Gasteiger partial charge is 0.416 e. The first-order valence-electron chi connectivity index (χ1n) is 8.86. The van der Waals surface area contributed by atoms with Crippen LogP contribution in [0.15, 0.2) is 24.3 Å². The van der Waals surface area contributed by atoms with E-state index in [1.165, 1.54) is 4.90 Å². The highest BCUT2D eigenvalue weighted by atomic mass is 19.4. The molecule has 0 bridgehead atoms. The van der Waals surface area contributed by atoms with Crippen LogP contribution in [0.2, 0.25) is 0 Å². The van der Waals surface area contributed by atoms with Crippen molar-refractivity contribution in [2.24, 2.45) is 0 Å². The smallest absolute Gasteiger partial charge is 0.410 e. The lowest BCUT2D eigenvalue weighted by atomic mass is 9.98. The highest BCUT2D eigenvalue weighted by molar-refractivity contribution is 5.77. The van der Waals surface area contributed by atoms with E-state index in [1.807, 2.05) is 0 Å². The number of halogens is 5. The number of piperidine rings is 2. The molecule has 2 saturated heterocycles. The van der Waals surface area contributed by atoms with E-state index in [4.69, 9.17) is 4.74 Å². The number of hydrogen-bond donors (Lipinski definition) is 0. The van der Waals surface area contributed by atoms with E-state index in [0.29, 0.717) is 19.4 Å². The fourth-order valence-electron chi connectivity index (χ4n) is 3.51. The van der Waals surface area contributed by atoms with E-state index in [-0.39, 0.29) is 24.6 Å². The number of nitrogens with zero attached hydrogens (tertiary/aromatic N) is 2. The molecule has 0 saturated carbocycles. The summed E-state index contributed by atoms with van der Waals surface area (Å²) in [5.41, 5.74) is -0.916. The summed E-state index contributed by atoms with van der Waals surface area (Å²) in [6, 6.07) is 2.56. The number of amides is 2. The van der Waals surface area contributed by atoms with Gasteiger partial charge in [-0.2, -0.15) is 13.2 Å². The first-order valence-corrected chi connectivity index (χ1v) is 8.86. The van der Waals surface area contributed by atoms with Crippen LogP contribution < -0.4 is 4.74 Å². The molecule has 0 spiro atoms. The number of likely N-dealkylation sites (tertiary alicyclic amines) is 2. The first-order chi connectivity index (χ1) is 13.0. The van der Waals surface area contributed by atoms with Gasteiger partial charge in [0, 0.05) is 25.9 Å². The predicted molar refractivity (Wildman–Crippen MR) is 88.0 cm³/mol. The maximum Gasteiger partial charge on any atom is 0.416 e. The Morgan fingerprint density at radius 3 is 2.43 bits per heavy atom. The van der Waals surface area contributed by atoms with Gasteiger partial charge in [0.1, 0.15) is 5.75 Å². The second-order valence-corrected chi connectivity index (χ2v) is 7.03. The SMILES string of the molecule is O=C(Oc1ccc(C(F)(F)F)cc1)N1C[C@@H](N2CCCCC2=O)CC(F)(F)C1. The summed E-state index contributed by atoms with van der Waals surface area (Å²) in [7, 11) is 0. The summed E-state index contributed by atoms with van der Waals surface area (Å²) in [6.45, 7) is -0.618. The molecule has 154 valence electrons. The molecule has 28 heavy (non-hydrogen) atoms. The molecule has 2 heterocycles. The molecular formula is C18H19F5N2O3. The fraction of sp³-hybridized carbons (Fsp3) is 0.556. The third-order valence-electron chi connectivity index (χ3n) is 4.83. The Balaban J connectivity index is 1.69. The Labute approximate surface area is 158 Å². The van der Waals surface area contributed by atoms with Crippen molar-refractivity contribution < 1.29 is 36.3 Å². The molecule has 1 aromatic rings. The van der Waals surface area contributed by atoms with Crippen LogP contribution in [0.1, 0.15) is 31.2 Å². The van der Waals surface area contributed by atoms with Crippen molar-refractivity contribution in [3.8, 4) is 5.75 Å². The summed E-state index contributed by atoms with van der Waals surface area (Å²) in [6.07, 6.45) is -4.46. The monoisotopic (exact) mass is 406 g/mol. The molecule has 0 N–H and O–H groups in total. The van der Waals surface area contributed by atoms with Gasteiger partial charge in [0.05, 0.1) is 18.2 Å². The van der Waals surface area contributed by atoms with Crippen molar-refractivity contribution in [1.29, 1.82) is 0 Å². The molecule has 5 nitrogen and oxygen atoms in total. The summed E-state index contributed by atoms with van der Waals surface area (Å²) in [5, 5.41) is 0. The second kappa shape index (κ2) is 7.56. The Hall–Kier alpha value is -2.39. The molecule has 0 aliphatic carbocycles. The van der Waals surface area contributed by atoms with Gasteiger partial charge in [-0.25, -0.2) is 13.6 Å². The first kappa shape index (κ1) is 20.3. The van der Waals surface area contributed by atoms with Crippen molar-refractivity contribution in [2.45, 2.75) is 43.8 Å². The molecule has 1 aromatic carbocycles. The van der Waals surface area contributed by atoms with E-state index in [0.717, 1.165) is 29.2 Å². The van der Waals surface area contributed by atoms with Gasteiger partial charge in [-0.1, -0.05) is 0 Å². The molecule has 3 rings (SSSR count). The van der Waals surface area contributed by atoms with Crippen LogP contribution in [0, 0.1) is 0 Å². The molecule has 0 radical (unpaired) electrons. The lowest BCUT2D eigenvalue weighted by molar-refractivity contribution is -0.143. The van der Waals surface area contributed by atoms with E-state index in [9.17, 15) is 31.5 Å². The van der Waals surface area contributed by atoms with Gasteiger partial charge in [0.25, 0.3) is 5.92 Å². The maximum atomic E-state index is 14.2. The lowest BCUT2D eigenvalue weighted by Gasteiger charge is -2.43. The van der Waals surface area contributed by atoms with Crippen LogP contribution in [-0.2, 0) is 11.0 Å². The van der Waals surface area contributed by atoms with E-state index >= 15 is 0 Å². The van der Waals surface area contributed by atoms with E-state index in [1.54, 1.807) is 0 Å². The third kappa shape index (κ3) is 4.71. The normalized spacial score (nSPS) is 22.9. The molecule has 0 aromatic heterocycles. The van der Waals surface area contributed by atoms with Crippen LogP contribution in [0.4, 0.5) is 26.7 Å². The zero-order valence-corrected chi connectivity index (χ0v) is 14.8. The van der Waals surface area contributed by atoms with E-state index in [2.05, 4.69) is 0 Å². The average molecular weight is 406 g/mol. The van der Waals surface area contributed by atoms with Crippen molar-refractivity contribution >= 4 is 12.0 Å². The van der Waals surface area contributed by atoms with Crippen LogP contribution >= 0.6 is 0 Å². The number of rotatable bonds is 2. The van der Waals surface area contributed by atoms with Crippen LogP contribution in [-0.4, -0.2) is 53.4 Å². The summed E-state index contributed by atoms with van der Waals surface area (Å²) >= 11 is 0. The average Bonchev–Trinajstić information content (AvgIpc) is 2.60. The van der Waals surface area contributed by atoms with Gasteiger partial charge in [0.15, 0.2) is 0 Å². The summed E-state index contributed by atoms with van der Waals surface area (Å²) < 4.78 is 71.0. The lowest BCUT2D eigenvalue weighted by Crippen LogP contribution is -2.59. The topological polar surface area (TPSA) is 49.9 Å². The molecule has 10 heteroatoms. The minimum atomic E-state index is -4.54. The minimum Gasteiger partial charge on any atom is -0.410 e. The number of carbonyl (C=O) groups is 2. The van der Waals surface area contributed by atoms with Crippen LogP contribution in [0.5, 0.6) is 5.75 Å². The standard InChI is InChI=1S/C18H19F5N2O3/c19-17(20)9-13(25-8-2-1-3-15(25)26)10-24(11-17)16(27)28-14-6-4-12(5-7-14)18(21,22)23/h4-7,13H,1-3,8-11H2/t13-/m0/s1. The minimum absolute atomic E-state index is 0.110. The highest BCUT2D eigenvalue weighted by Gasteiger charge is 2.45. The van der Waals surface area contributed by atoms with Crippen molar-refractivity contribution in [2.75, 3.05) is 19.6 Å². The number of hydrogen-bond acceptors (Lipinski definition) is 3. The molecule has 0 unspecified atom stereocenters. The molecule has 2 amide bonds. The van der Waals surface area contributed by atoms with E-state index < -0.39 is 42.8 Å². The maximum absolute atomic E-state index is 14.2. The second-order valence-electron chi connectivity index (χ2n) is 7.03. The molecule has 2 aliphatic heterocycles. The fourth-order valence-corrected chi connectivity index (χ4v) is 3.51. The van der Waals surface area contributed by atoms with Gasteiger partial charge in [-0.15, -0.1) is 0 Å². The quantitative estimate of drug-likeness (QED) is 0.700. The Bertz CT molecular complexity index is 736. The molecule has 2 fully saturated rings. The molecule has 1 atom stereocenters. The Morgan fingerprint density at radius 1 is 1.14 bits per heavy atom. The van der Waals surface area contributed by atoms with Gasteiger partial charge >= 0.3 is 12.3 Å². The van der Waals surface area contributed by atoms with Gasteiger partial charge in [-0.05, 0) is 37.1 Å². The zero-order valence-electron chi connectivity index (χ0n) is 14.8. The summed E-state index contributed by atoms with van der Waals surface area (Å²) in [4.78, 5) is 26.5. The molecule has 2 aliphatic rings. The van der Waals surface area contributed by atoms with Gasteiger partial charge in [0.2, 0.25) is 5.91 Å². The van der Waals surface area contributed by atoms with Gasteiger partial charge in [-0.3, -0.25) is 9.69 Å². The van der Waals surface area contributed by atoms with Gasteiger partial charge < -0.3 is 9.64 Å². The third-order valence-corrected chi connectivity index (χ3v) is 4.83. The Kier molecular flexibility index (Phi) is 5.49. The van der Waals surface area contributed by atoms with Crippen molar-refractivity contribution in [3.05, 3.63) is 29.8 Å². The number of benzene rings is 1. The Morgan fingerprint density at radius 2 is 1.82 bits per heavy atom. The highest BCUT2D eigenvalue weighted by Crippen LogP contribution is 2.33. The van der Waals surface area contributed by atoms with Crippen molar-refractivity contribution in [1.82, 2.24) is 9.80 Å². The number of ether oxygens (including phenoxy) is 1. The van der Waals surface area contributed by atoms with Crippen LogP contribution in [0.25, 0.3) is 0 Å². The van der Waals surface area contributed by atoms with Crippen molar-refractivity contribution in [3.63, 3.8) is 0 Å².